The van der Waals surface area contributed by atoms with Gasteiger partial charge in [0, 0.05) is 107 Å². The van der Waals surface area contributed by atoms with Gasteiger partial charge in [-0.25, -0.2) is 29.3 Å². The van der Waals surface area contributed by atoms with Crippen molar-refractivity contribution in [2.45, 2.75) is 166 Å². The molecule has 121 heavy (non-hydrogen) atoms. The average molecular weight is 1680 g/mol. The Morgan fingerprint density at radius 2 is 0.802 bits per heavy atom. The van der Waals surface area contributed by atoms with Gasteiger partial charge in [-0.2, -0.15) is 0 Å². The van der Waals surface area contributed by atoms with Gasteiger partial charge < -0.3 is 80.9 Å². The van der Waals surface area contributed by atoms with Crippen molar-refractivity contribution in [3.05, 3.63) is 247 Å². The highest BCUT2D eigenvalue weighted by molar-refractivity contribution is 5.87. The summed E-state index contributed by atoms with van der Waals surface area (Å²) < 4.78 is 45.4. The number of carbonyl (C=O) groups is 5. The number of nitrogens with one attached hydrogen (secondary N) is 3. The van der Waals surface area contributed by atoms with E-state index in [0.29, 0.717) is 64.4 Å². The number of carboxylic acids is 1. The van der Waals surface area contributed by atoms with Crippen molar-refractivity contribution in [1.29, 1.82) is 0 Å². The summed E-state index contributed by atoms with van der Waals surface area (Å²) in [5.74, 6) is 0.816. The molecule has 6 heterocycles. The molecule has 28 heteroatoms. The van der Waals surface area contributed by atoms with Crippen LogP contribution in [0, 0.1) is 0 Å². The van der Waals surface area contributed by atoms with Crippen LogP contribution in [0.2, 0.25) is 0 Å². The molecule has 3 aromatic heterocycles. The fourth-order valence-electron chi connectivity index (χ4n) is 15.5. The van der Waals surface area contributed by atoms with Crippen molar-refractivity contribution >= 4 is 42.4 Å². The highest BCUT2D eigenvalue weighted by atomic mass is 35.5. The van der Waals surface area contributed by atoms with Crippen molar-refractivity contribution in [3.63, 3.8) is 0 Å². The molecule has 0 spiro atoms. The summed E-state index contributed by atoms with van der Waals surface area (Å²) in [4.78, 5) is 80.5. The lowest BCUT2D eigenvalue weighted by atomic mass is 9.98. The van der Waals surface area contributed by atoms with Gasteiger partial charge in [-0.3, -0.25) is 24.3 Å². The minimum atomic E-state index is -1.04. The molecule has 0 saturated carbocycles. The lowest BCUT2D eigenvalue weighted by Crippen LogP contribution is -2.46. The number of hydrogen-bond donors (Lipinski definition) is 8. The smallest absolute Gasteiger partial charge is 0.410 e. The number of rotatable bonds is 24. The molecule has 3 saturated heterocycles. The monoisotopic (exact) mass is 1670 g/mol. The van der Waals surface area contributed by atoms with Crippen molar-refractivity contribution in [2.75, 3.05) is 72.1 Å². The number of aromatic nitrogens is 3. The molecule has 7 aromatic carbocycles. The third-order valence-electron chi connectivity index (χ3n) is 20.7. The number of carboxylic acid groups (broad SMARTS) is 1. The number of benzene rings is 7. The normalized spacial score (nSPS) is 17.6. The van der Waals surface area contributed by atoms with E-state index < -0.39 is 41.4 Å². The number of fused-ring (bicyclic) bond motifs is 6. The van der Waals surface area contributed by atoms with E-state index in [2.05, 4.69) is 84.3 Å². The van der Waals surface area contributed by atoms with E-state index in [9.17, 15) is 29.1 Å². The third kappa shape index (κ3) is 26.0. The first kappa shape index (κ1) is 92.3. The van der Waals surface area contributed by atoms with E-state index in [1.165, 1.54) is 40.1 Å². The average Bonchev–Trinajstić information content (AvgIpc) is 1.62. The van der Waals surface area contributed by atoms with Crippen LogP contribution in [0.4, 0.5) is 9.59 Å². The number of aliphatic carboxylic acids is 1. The van der Waals surface area contributed by atoms with Gasteiger partial charge in [0.25, 0.3) is 0 Å². The number of halogens is 1. The van der Waals surface area contributed by atoms with Gasteiger partial charge in [-0.15, -0.1) is 12.4 Å². The highest BCUT2D eigenvalue weighted by Gasteiger charge is 2.45. The van der Waals surface area contributed by atoms with Crippen molar-refractivity contribution in [2.24, 2.45) is 22.9 Å². The Morgan fingerprint density at radius 1 is 0.463 bits per heavy atom. The van der Waals surface area contributed by atoms with E-state index in [1.807, 2.05) is 184 Å². The zero-order valence-corrected chi connectivity index (χ0v) is 71.2. The van der Waals surface area contributed by atoms with Gasteiger partial charge in [-0.1, -0.05) is 170 Å². The highest BCUT2D eigenvalue weighted by Crippen LogP contribution is 2.46. The van der Waals surface area contributed by atoms with Crippen LogP contribution in [0.3, 0.4) is 0 Å². The van der Waals surface area contributed by atoms with Gasteiger partial charge in [-0.05, 0) is 130 Å². The molecule has 0 bridgehead atoms. The molecule has 12 N–H and O–H groups in total. The summed E-state index contributed by atoms with van der Waals surface area (Å²) in [6.45, 7) is 25.5. The van der Waals surface area contributed by atoms with Crippen LogP contribution in [0.5, 0.6) is 0 Å². The summed E-state index contributed by atoms with van der Waals surface area (Å²) in [5.41, 5.74) is 35.7. The molecule has 0 unspecified atom stereocenters. The third-order valence-corrected chi connectivity index (χ3v) is 20.7. The zero-order chi connectivity index (χ0) is 85.5. The molecule has 0 radical (unpaired) electrons. The SMILES string of the molecule is CC(C)(C)O[C@@H]1C[C@@H](C(=O)NCc2ccc(-c3cnco3)cc2)N(C(=O)OCC2c3ccccc3-c3ccccc32)C1.CC(C)(C)O[C@@H]1C[C@@H](C(=O)O)N(C(=O)OCC2c3ccccc3-c3ccccc32)C1.CC(C)(C)O[C@H]1CN[C@H](C(=O)NCc2ccc(-c3cnco3)cc2)C1.Cl.NCCN(CCN)CCN.NCc1ccc(-c2cnco2)cc1. The van der Waals surface area contributed by atoms with Gasteiger partial charge in [0.1, 0.15) is 25.3 Å². The largest absolute Gasteiger partial charge is 0.480 e. The van der Waals surface area contributed by atoms with Crippen LogP contribution >= 0.6 is 12.4 Å². The minimum absolute atomic E-state index is 0. The number of likely N-dealkylation sites (tertiary alicyclic amines) is 2. The summed E-state index contributed by atoms with van der Waals surface area (Å²) in [6, 6.07) is 54.4. The molecule has 3 fully saturated rings. The predicted molar refractivity (Wildman–Crippen MR) is 467 cm³/mol. The van der Waals surface area contributed by atoms with Crippen LogP contribution in [-0.4, -0.2) is 190 Å². The number of carbonyl (C=O) groups excluding carboxylic acids is 4. The predicted octanol–water partition coefficient (Wildman–Crippen LogP) is 13.3. The molecular weight excluding hydrogens is 1560 g/mol. The molecule has 15 rings (SSSR count). The van der Waals surface area contributed by atoms with Gasteiger partial charge >= 0.3 is 18.2 Å². The molecule has 6 atom stereocenters. The van der Waals surface area contributed by atoms with Crippen LogP contribution in [-0.2, 0) is 57.7 Å². The van der Waals surface area contributed by atoms with E-state index in [4.69, 9.17) is 59.9 Å². The first-order chi connectivity index (χ1) is 57.7. The number of nitrogens with zero attached hydrogens (tertiary/aromatic N) is 6. The van der Waals surface area contributed by atoms with Crippen LogP contribution in [0.15, 0.2) is 221 Å². The van der Waals surface area contributed by atoms with E-state index in [0.717, 1.165) is 97.9 Å². The second-order valence-corrected chi connectivity index (χ2v) is 33.0. The summed E-state index contributed by atoms with van der Waals surface area (Å²) in [5, 5.41) is 18.8. The molecular formula is C93H116ClN13O14. The number of ether oxygens (including phenoxy) is 5. The Morgan fingerprint density at radius 3 is 1.14 bits per heavy atom. The Kier molecular flexibility index (Phi) is 33.2. The maximum absolute atomic E-state index is 13.5. The molecule has 2 aliphatic carbocycles. The molecule has 3 aliphatic heterocycles. The minimum Gasteiger partial charge on any atom is -0.480 e. The van der Waals surface area contributed by atoms with Gasteiger partial charge in [0.05, 0.1) is 72.8 Å². The Labute approximate surface area is 714 Å². The van der Waals surface area contributed by atoms with Crippen molar-refractivity contribution < 1.29 is 66.0 Å². The fourth-order valence-corrected chi connectivity index (χ4v) is 15.5. The molecule has 27 nitrogen and oxygen atoms in total. The quantitative estimate of drug-likeness (QED) is 0.0278. The maximum Gasteiger partial charge on any atom is 0.410 e. The Bertz CT molecular complexity index is 4800. The second-order valence-electron chi connectivity index (χ2n) is 33.0. The molecule has 4 amide bonds. The van der Waals surface area contributed by atoms with Crippen molar-refractivity contribution in [1.82, 2.24) is 45.6 Å². The maximum atomic E-state index is 13.5. The number of hydrogen-bond acceptors (Lipinski definition) is 22. The lowest BCUT2D eigenvalue weighted by molar-refractivity contribution is -0.142. The molecule has 644 valence electrons. The fraction of sp³-hybridized carbons (Fsp3) is 0.398. The number of nitrogens with two attached hydrogens (primary N) is 4. The van der Waals surface area contributed by atoms with Crippen molar-refractivity contribution in [3.8, 4) is 56.2 Å². The number of amides is 4. The summed E-state index contributed by atoms with van der Waals surface area (Å²) in [7, 11) is 0. The Balaban J connectivity index is 0.000000171. The van der Waals surface area contributed by atoms with Crippen LogP contribution in [0.25, 0.3) is 56.2 Å². The summed E-state index contributed by atoms with van der Waals surface area (Å²) >= 11 is 0. The van der Waals surface area contributed by atoms with Gasteiger partial charge in [0.15, 0.2) is 36.5 Å². The van der Waals surface area contributed by atoms with E-state index in [1.54, 1.807) is 18.6 Å². The first-order valence-electron chi connectivity index (χ1n) is 40.9. The Hall–Kier alpha value is -11.0. The van der Waals surface area contributed by atoms with Crippen LogP contribution in [0.1, 0.15) is 132 Å². The van der Waals surface area contributed by atoms with E-state index >= 15 is 0 Å². The number of oxazole rings is 3. The van der Waals surface area contributed by atoms with Gasteiger partial charge in [0.2, 0.25) is 11.8 Å². The molecule has 10 aromatic rings. The molecule has 5 aliphatic rings. The standard InChI is InChI=1S/C34H35N3O5.C24H27NO5.C19H25N3O3.C10H10N2O.C6H18N4.ClH/c1-34(2,3)42-24-16-30(32(38)36-17-22-12-14-23(15-13-22)31-18-35-21-41-31)37(19-24)33(39)40-20-29-27-10-6-4-8-25(27)26-9-5-7-11-28(26)29;1-24(2,3)30-15-12-21(22(26)27)25(13-15)23(28)29-14-20-18-10-6-4-8-16(18)17-9-5-7-11-19(17)20;1-19(2,3)25-15-8-16(21-10-15)18(23)22-9-13-4-6-14(7-5-13)17-11-20-12-24-17;11-5-8-1-3-9(4-2-8)10-6-12-7-13-10;7-1-4-10(5-2-8)6-3-9;/h4-15,18,21,24,29-30H,16-17,19-20H2,1-3H3,(H,36,38);4-11,15,20-21H,12-14H2,1-3H3,(H,26,27);4-7,11-12,15-16,21H,8-10H2,1-3H3,(H,22,23);1-4,6-7H,5,11H2;1-9H2;1H/t24-,30+;15-,21+;15-,16+;;;/m111.../s1. The zero-order valence-electron chi connectivity index (χ0n) is 70.4. The second kappa shape index (κ2) is 43.5. The van der Waals surface area contributed by atoms with Crippen LogP contribution < -0.4 is 38.9 Å². The topological polar surface area (TPSA) is 380 Å². The van der Waals surface area contributed by atoms with E-state index in [-0.39, 0.29) is 98.7 Å². The first-order valence-corrected chi connectivity index (χ1v) is 40.9. The summed E-state index contributed by atoms with van der Waals surface area (Å²) in [6.07, 6.45) is 8.98. The lowest BCUT2D eigenvalue weighted by Gasteiger charge is -2.25.